The lowest BCUT2D eigenvalue weighted by atomic mass is 10.0. The van der Waals surface area contributed by atoms with E-state index in [0.29, 0.717) is 32.5 Å². The minimum Gasteiger partial charge on any atom is -0.444 e. The highest BCUT2D eigenvalue weighted by Gasteiger charge is 2.28. The van der Waals surface area contributed by atoms with Gasteiger partial charge in [-0.15, -0.1) is 0 Å². The van der Waals surface area contributed by atoms with Crippen LogP contribution in [-0.4, -0.2) is 76.9 Å². The van der Waals surface area contributed by atoms with Crippen molar-refractivity contribution in [3.8, 4) is 0 Å². The third kappa shape index (κ3) is 13.1. The van der Waals surface area contributed by atoms with E-state index in [1.165, 1.54) is 28.6 Å². The number of amides is 1. The molecule has 2 atom stereocenters. The van der Waals surface area contributed by atoms with Crippen molar-refractivity contribution in [2.24, 2.45) is 5.92 Å². The Balaban J connectivity index is 0.00000108. The first-order chi connectivity index (χ1) is 19.1. The molecule has 1 amide bonds. The number of non-ortho nitro benzene ring substituents is 1. The fourth-order valence-corrected chi connectivity index (χ4v) is 5.61. The average molecular weight is 618 g/mol. The first kappa shape index (κ1) is 34.3. The van der Waals surface area contributed by atoms with Gasteiger partial charge in [0.15, 0.2) is 0 Å². The lowest BCUT2D eigenvalue weighted by Crippen LogP contribution is -2.42. The second-order valence-electron chi connectivity index (χ2n) is 9.73. The van der Waals surface area contributed by atoms with Crippen molar-refractivity contribution < 1.29 is 46.9 Å². The minimum atomic E-state index is -4.64. The first-order valence-electron chi connectivity index (χ1n) is 12.8. The number of nitro groups is 1. The summed E-state index contributed by atoms with van der Waals surface area (Å²) in [4.78, 5) is 44.5. The summed E-state index contributed by atoms with van der Waals surface area (Å²) in [5.41, 5.74) is 0.822. The number of benzene rings is 2. The SMILES string of the molecule is CC(C)CN(CCC(Cc1ccccc1)NC(=O)O[C@H]1CCOC1)S(=O)(=O)c1ccc([N+](=O)[O-])cc1.O=P(O)(O)O. The van der Waals surface area contributed by atoms with Crippen LogP contribution in [0.1, 0.15) is 32.3 Å². The summed E-state index contributed by atoms with van der Waals surface area (Å²) in [6, 6.07) is 14.1. The zero-order valence-electron chi connectivity index (χ0n) is 22.7. The molecule has 41 heavy (non-hydrogen) atoms. The second-order valence-corrected chi connectivity index (χ2v) is 12.7. The Bertz CT molecular complexity index is 1260. The van der Waals surface area contributed by atoms with E-state index in [1.807, 2.05) is 44.2 Å². The first-order valence-corrected chi connectivity index (χ1v) is 15.8. The average Bonchev–Trinajstić information content (AvgIpc) is 3.38. The van der Waals surface area contributed by atoms with Crippen LogP contribution in [0.3, 0.4) is 0 Å². The van der Waals surface area contributed by atoms with Crippen LogP contribution < -0.4 is 5.32 Å². The molecule has 14 nitrogen and oxygen atoms in total. The van der Waals surface area contributed by atoms with E-state index in [-0.39, 0.29) is 41.7 Å². The van der Waals surface area contributed by atoms with Gasteiger partial charge < -0.3 is 29.5 Å². The molecule has 1 aliphatic rings. The molecule has 1 unspecified atom stereocenters. The summed E-state index contributed by atoms with van der Waals surface area (Å²) in [6.45, 7) is 5.17. The van der Waals surface area contributed by atoms with Crippen LogP contribution in [0.2, 0.25) is 0 Å². The van der Waals surface area contributed by atoms with Crippen molar-refractivity contribution >= 4 is 29.6 Å². The number of carbonyl (C=O) groups excluding carboxylic acids is 1. The molecule has 2 aromatic carbocycles. The van der Waals surface area contributed by atoms with Crippen LogP contribution in [0.25, 0.3) is 0 Å². The lowest BCUT2D eigenvalue weighted by molar-refractivity contribution is -0.384. The number of nitrogens with zero attached hydrogens (tertiary/aromatic N) is 2. The smallest absolute Gasteiger partial charge is 0.444 e. The molecular formula is C25H36N3O11PS. The van der Waals surface area contributed by atoms with E-state index in [2.05, 4.69) is 5.32 Å². The summed E-state index contributed by atoms with van der Waals surface area (Å²) in [6.07, 6.45) is 0.656. The number of hydrogen-bond donors (Lipinski definition) is 4. The number of hydrogen-bond acceptors (Lipinski definition) is 8. The van der Waals surface area contributed by atoms with Gasteiger partial charge in [-0.05, 0) is 36.5 Å². The molecule has 3 rings (SSSR count). The van der Waals surface area contributed by atoms with E-state index < -0.39 is 28.9 Å². The van der Waals surface area contributed by atoms with E-state index in [1.54, 1.807) is 0 Å². The standard InChI is InChI=1S/C25H33N3O7S.H3O4P/c1-19(2)17-27(36(32,33)24-10-8-22(9-11-24)28(30)31)14-12-21(16-20-6-4-3-5-7-20)26-25(29)35-23-13-15-34-18-23;1-5(2,3)4/h3-11,19,21,23H,12-18H2,1-2H3,(H,26,29);(H3,1,2,3,4)/t21?,23-;/m0./s1. The highest BCUT2D eigenvalue weighted by atomic mass is 32.2. The highest BCUT2D eigenvalue weighted by Crippen LogP contribution is 2.26. The zero-order chi connectivity index (χ0) is 30.6. The molecule has 2 aromatic rings. The van der Waals surface area contributed by atoms with Crippen LogP contribution in [-0.2, 0) is 30.5 Å². The Morgan fingerprint density at radius 3 is 2.29 bits per heavy atom. The third-order valence-electron chi connectivity index (χ3n) is 5.79. The topological polar surface area (TPSA) is 206 Å². The largest absolute Gasteiger partial charge is 0.466 e. The molecule has 0 aromatic heterocycles. The normalized spacial score (nSPS) is 16.1. The molecule has 228 valence electrons. The van der Waals surface area contributed by atoms with E-state index >= 15 is 0 Å². The van der Waals surface area contributed by atoms with Gasteiger partial charge in [0.1, 0.15) is 6.10 Å². The maximum absolute atomic E-state index is 13.4. The predicted molar refractivity (Wildman–Crippen MR) is 148 cm³/mol. The molecule has 0 spiro atoms. The van der Waals surface area contributed by atoms with Gasteiger partial charge in [0.25, 0.3) is 5.69 Å². The molecule has 1 saturated heterocycles. The van der Waals surface area contributed by atoms with Crippen LogP contribution in [0.4, 0.5) is 10.5 Å². The molecule has 1 heterocycles. The highest BCUT2D eigenvalue weighted by molar-refractivity contribution is 7.89. The van der Waals surface area contributed by atoms with Crippen LogP contribution in [0.5, 0.6) is 0 Å². The van der Waals surface area contributed by atoms with Crippen molar-refractivity contribution in [3.05, 3.63) is 70.3 Å². The molecule has 0 radical (unpaired) electrons. The Labute approximate surface area is 238 Å². The number of carbonyl (C=O) groups is 1. The Hall–Kier alpha value is -2.91. The van der Waals surface area contributed by atoms with E-state index in [0.717, 1.165) is 5.56 Å². The molecule has 4 N–H and O–H groups in total. The Morgan fingerprint density at radius 2 is 1.78 bits per heavy atom. The number of phosphoric acid groups is 1. The Morgan fingerprint density at radius 1 is 1.17 bits per heavy atom. The van der Waals surface area contributed by atoms with Crippen molar-refractivity contribution in [2.45, 2.75) is 50.2 Å². The number of ether oxygens (including phenoxy) is 2. The number of alkyl carbamates (subject to hydrolysis) is 1. The van der Waals surface area contributed by atoms with Gasteiger partial charge in [-0.1, -0.05) is 44.2 Å². The van der Waals surface area contributed by atoms with Crippen molar-refractivity contribution in [1.82, 2.24) is 9.62 Å². The molecule has 1 aliphatic heterocycles. The van der Waals surface area contributed by atoms with Crippen molar-refractivity contribution in [2.75, 3.05) is 26.3 Å². The summed E-state index contributed by atoms with van der Waals surface area (Å²) in [7, 11) is -8.54. The zero-order valence-corrected chi connectivity index (χ0v) is 24.4. The summed E-state index contributed by atoms with van der Waals surface area (Å²) in [5, 5.41) is 13.9. The third-order valence-corrected chi connectivity index (χ3v) is 7.67. The number of sulfonamides is 1. The van der Waals surface area contributed by atoms with Gasteiger partial charge in [-0.3, -0.25) is 10.1 Å². The molecule has 0 aliphatic carbocycles. The summed E-state index contributed by atoms with van der Waals surface area (Å²) < 4.78 is 47.8. The second kappa shape index (κ2) is 15.9. The number of rotatable bonds is 12. The minimum absolute atomic E-state index is 0.0121. The summed E-state index contributed by atoms with van der Waals surface area (Å²) in [5.74, 6) is 0.0469. The monoisotopic (exact) mass is 617 g/mol. The predicted octanol–water partition coefficient (Wildman–Crippen LogP) is 2.83. The molecular weight excluding hydrogens is 581 g/mol. The van der Waals surface area contributed by atoms with Gasteiger partial charge in [0, 0.05) is 37.7 Å². The van der Waals surface area contributed by atoms with Gasteiger partial charge in [0.2, 0.25) is 10.0 Å². The van der Waals surface area contributed by atoms with Crippen molar-refractivity contribution in [3.63, 3.8) is 0 Å². The fourth-order valence-electron chi connectivity index (χ4n) is 3.99. The maximum Gasteiger partial charge on any atom is 0.466 e. The molecule has 16 heteroatoms. The van der Waals surface area contributed by atoms with Crippen molar-refractivity contribution in [1.29, 1.82) is 0 Å². The molecule has 0 saturated carbocycles. The molecule has 0 bridgehead atoms. The van der Waals surface area contributed by atoms with Crippen LogP contribution in [0.15, 0.2) is 59.5 Å². The van der Waals surface area contributed by atoms with Gasteiger partial charge >= 0.3 is 13.9 Å². The van der Waals surface area contributed by atoms with Gasteiger partial charge in [-0.2, -0.15) is 4.31 Å². The van der Waals surface area contributed by atoms with Gasteiger partial charge in [-0.25, -0.2) is 17.8 Å². The maximum atomic E-state index is 13.4. The number of nitrogens with one attached hydrogen (secondary N) is 1. The summed E-state index contributed by atoms with van der Waals surface area (Å²) >= 11 is 0. The van der Waals surface area contributed by atoms with Crippen LogP contribution in [0, 0.1) is 16.0 Å². The number of nitro benzene ring substituents is 1. The molecule has 1 fully saturated rings. The fraction of sp³-hybridized carbons (Fsp3) is 0.480. The van der Waals surface area contributed by atoms with Crippen LogP contribution >= 0.6 is 7.82 Å². The van der Waals surface area contributed by atoms with E-state index in [4.69, 9.17) is 28.7 Å². The Kier molecular flexibility index (Phi) is 13.3. The quantitative estimate of drug-likeness (QED) is 0.155. The van der Waals surface area contributed by atoms with E-state index in [9.17, 15) is 23.3 Å². The van der Waals surface area contributed by atoms with Gasteiger partial charge in [0.05, 0.1) is 23.0 Å². The lowest BCUT2D eigenvalue weighted by Gasteiger charge is -2.27.